The Morgan fingerprint density at radius 2 is 1.93 bits per heavy atom. The second kappa shape index (κ2) is 9.07. The fourth-order valence-corrected chi connectivity index (χ4v) is 4.78. The van der Waals surface area contributed by atoms with Crippen LogP contribution >= 0.6 is 0 Å². The standard InChI is InChI=1S/C27H32O3/c1-18-6-4-7-22(14-18)23-11-10-20(15-23)17-30-25-9-5-8-24(16-25)26(21-12-13-21)19(2)27(28)29-3/h4-9,11,14,16,19-21,26H,10,12-13,15,17H2,1-3H3/t19-,20?,26-/m0/s1. The molecule has 0 radical (unpaired) electrons. The Morgan fingerprint density at radius 3 is 2.67 bits per heavy atom. The summed E-state index contributed by atoms with van der Waals surface area (Å²) in [5.41, 5.74) is 5.26. The van der Waals surface area contributed by atoms with E-state index >= 15 is 0 Å². The molecule has 0 aliphatic heterocycles. The van der Waals surface area contributed by atoms with Gasteiger partial charge in [-0.1, -0.05) is 55.0 Å². The lowest BCUT2D eigenvalue weighted by Gasteiger charge is -2.23. The topological polar surface area (TPSA) is 35.5 Å². The second-order valence-electron chi connectivity index (χ2n) is 8.96. The summed E-state index contributed by atoms with van der Waals surface area (Å²) in [6.07, 6.45) is 6.86. The number of methoxy groups -OCH3 is 1. The average molecular weight is 405 g/mol. The third-order valence-electron chi connectivity index (χ3n) is 6.57. The van der Waals surface area contributed by atoms with E-state index in [-0.39, 0.29) is 17.8 Å². The van der Waals surface area contributed by atoms with Crippen molar-refractivity contribution in [3.05, 3.63) is 71.3 Å². The van der Waals surface area contributed by atoms with Crippen molar-refractivity contribution in [2.24, 2.45) is 17.8 Å². The highest BCUT2D eigenvalue weighted by Crippen LogP contribution is 2.47. The fraction of sp³-hybridized carbons (Fsp3) is 0.444. The lowest BCUT2D eigenvalue weighted by Crippen LogP contribution is -2.22. The van der Waals surface area contributed by atoms with Gasteiger partial charge in [-0.15, -0.1) is 0 Å². The first kappa shape index (κ1) is 20.7. The molecule has 1 saturated carbocycles. The molecule has 0 heterocycles. The molecule has 2 aliphatic carbocycles. The predicted molar refractivity (Wildman–Crippen MR) is 120 cm³/mol. The number of allylic oxidation sites excluding steroid dienone is 2. The van der Waals surface area contributed by atoms with Crippen LogP contribution in [0.1, 0.15) is 55.2 Å². The Hall–Kier alpha value is -2.55. The predicted octanol–water partition coefficient (Wildman–Crippen LogP) is 6.17. The first-order chi connectivity index (χ1) is 14.5. The molecule has 0 spiro atoms. The van der Waals surface area contributed by atoms with Gasteiger partial charge in [-0.05, 0) is 73.3 Å². The molecular formula is C27H32O3. The fourth-order valence-electron chi connectivity index (χ4n) is 4.78. The average Bonchev–Trinajstić information content (AvgIpc) is 3.47. The van der Waals surface area contributed by atoms with E-state index in [1.807, 2.05) is 13.0 Å². The molecular weight excluding hydrogens is 372 g/mol. The van der Waals surface area contributed by atoms with Crippen LogP contribution in [0.2, 0.25) is 0 Å². The van der Waals surface area contributed by atoms with Crippen molar-refractivity contribution in [2.45, 2.75) is 45.4 Å². The molecule has 4 rings (SSSR count). The van der Waals surface area contributed by atoms with Gasteiger partial charge in [0, 0.05) is 5.92 Å². The number of hydrogen-bond donors (Lipinski definition) is 0. The monoisotopic (exact) mass is 404 g/mol. The molecule has 0 saturated heterocycles. The number of carbonyl (C=O) groups excluding carboxylic acids is 1. The second-order valence-corrected chi connectivity index (χ2v) is 8.96. The van der Waals surface area contributed by atoms with Gasteiger partial charge in [0.05, 0.1) is 19.6 Å². The summed E-state index contributed by atoms with van der Waals surface area (Å²) >= 11 is 0. The largest absolute Gasteiger partial charge is 0.493 e. The van der Waals surface area contributed by atoms with E-state index < -0.39 is 0 Å². The third-order valence-corrected chi connectivity index (χ3v) is 6.57. The Kier molecular flexibility index (Phi) is 6.26. The molecule has 158 valence electrons. The Bertz CT molecular complexity index is 925. The van der Waals surface area contributed by atoms with Crippen molar-refractivity contribution < 1.29 is 14.3 Å². The van der Waals surface area contributed by atoms with Gasteiger partial charge >= 0.3 is 5.97 Å². The quantitative estimate of drug-likeness (QED) is 0.494. The van der Waals surface area contributed by atoms with E-state index in [1.165, 1.54) is 42.2 Å². The molecule has 1 unspecified atom stereocenters. The Labute approximate surface area is 180 Å². The van der Waals surface area contributed by atoms with E-state index in [2.05, 4.69) is 55.5 Å². The van der Waals surface area contributed by atoms with Gasteiger partial charge in [0.15, 0.2) is 0 Å². The summed E-state index contributed by atoms with van der Waals surface area (Å²) in [5, 5.41) is 0. The first-order valence-corrected chi connectivity index (χ1v) is 11.1. The minimum absolute atomic E-state index is 0.126. The number of hydrogen-bond acceptors (Lipinski definition) is 3. The molecule has 0 N–H and O–H groups in total. The highest BCUT2D eigenvalue weighted by atomic mass is 16.5. The minimum Gasteiger partial charge on any atom is -0.493 e. The molecule has 2 aliphatic rings. The van der Waals surface area contributed by atoms with Gasteiger partial charge in [-0.2, -0.15) is 0 Å². The van der Waals surface area contributed by atoms with Crippen LogP contribution in [0.5, 0.6) is 5.75 Å². The number of rotatable bonds is 8. The van der Waals surface area contributed by atoms with Crippen molar-refractivity contribution in [3.8, 4) is 5.75 Å². The van der Waals surface area contributed by atoms with Crippen molar-refractivity contribution in [1.82, 2.24) is 0 Å². The molecule has 3 heteroatoms. The number of esters is 1. The minimum atomic E-state index is -0.131. The van der Waals surface area contributed by atoms with Crippen LogP contribution in [-0.2, 0) is 9.53 Å². The normalized spacial score (nSPS) is 20.4. The molecule has 0 aromatic heterocycles. The summed E-state index contributed by atoms with van der Waals surface area (Å²) in [6, 6.07) is 17.1. The van der Waals surface area contributed by atoms with Gasteiger partial charge < -0.3 is 9.47 Å². The first-order valence-electron chi connectivity index (χ1n) is 11.1. The van der Waals surface area contributed by atoms with Crippen LogP contribution in [0, 0.1) is 24.7 Å². The lowest BCUT2D eigenvalue weighted by atomic mass is 9.83. The number of benzene rings is 2. The zero-order valence-electron chi connectivity index (χ0n) is 18.3. The summed E-state index contributed by atoms with van der Waals surface area (Å²) in [5.74, 6) is 1.94. The van der Waals surface area contributed by atoms with Gasteiger partial charge in [0.1, 0.15) is 5.75 Å². The molecule has 0 bridgehead atoms. The summed E-state index contributed by atoms with van der Waals surface area (Å²) in [4.78, 5) is 12.2. The zero-order chi connectivity index (χ0) is 21.1. The van der Waals surface area contributed by atoms with Crippen molar-refractivity contribution in [3.63, 3.8) is 0 Å². The molecule has 2 aromatic rings. The molecule has 1 fully saturated rings. The Balaban J connectivity index is 1.38. The maximum atomic E-state index is 12.2. The summed E-state index contributed by atoms with van der Waals surface area (Å²) in [7, 11) is 1.48. The van der Waals surface area contributed by atoms with Crippen LogP contribution in [0.15, 0.2) is 54.6 Å². The van der Waals surface area contributed by atoms with E-state index in [0.717, 1.165) is 25.2 Å². The summed E-state index contributed by atoms with van der Waals surface area (Å²) in [6.45, 7) is 4.85. The van der Waals surface area contributed by atoms with Crippen LogP contribution < -0.4 is 4.74 Å². The maximum absolute atomic E-state index is 12.2. The number of carbonyl (C=O) groups is 1. The summed E-state index contributed by atoms with van der Waals surface area (Å²) < 4.78 is 11.2. The van der Waals surface area contributed by atoms with Crippen LogP contribution in [0.3, 0.4) is 0 Å². The molecule has 3 nitrogen and oxygen atoms in total. The van der Waals surface area contributed by atoms with Crippen LogP contribution in [-0.4, -0.2) is 19.7 Å². The van der Waals surface area contributed by atoms with E-state index in [9.17, 15) is 4.79 Å². The van der Waals surface area contributed by atoms with Crippen LogP contribution in [0.25, 0.3) is 5.57 Å². The van der Waals surface area contributed by atoms with Gasteiger partial charge in [-0.25, -0.2) is 0 Å². The molecule has 2 aromatic carbocycles. The molecule has 30 heavy (non-hydrogen) atoms. The lowest BCUT2D eigenvalue weighted by molar-refractivity contribution is -0.145. The number of ether oxygens (including phenoxy) is 2. The maximum Gasteiger partial charge on any atom is 0.309 e. The van der Waals surface area contributed by atoms with Gasteiger partial charge in [0.25, 0.3) is 0 Å². The SMILES string of the molecule is COC(=O)[C@@H](C)[C@H](c1cccc(OCC2CC=C(c3cccc(C)c3)C2)c1)C1CC1. The molecule has 0 amide bonds. The number of aryl methyl sites for hydroxylation is 1. The van der Waals surface area contributed by atoms with E-state index in [0.29, 0.717) is 11.8 Å². The zero-order valence-corrected chi connectivity index (χ0v) is 18.3. The van der Waals surface area contributed by atoms with E-state index in [4.69, 9.17) is 9.47 Å². The van der Waals surface area contributed by atoms with Crippen molar-refractivity contribution in [1.29, 1.82) is 0 Å². The van der Waals surface area contributed by atoms with Gasteiger partial charge in [-0.3, -0.25) is 4.79 Å². The third kappa shape index (κ3) is 4.77. The molecule has 3 atom stereocenters. The highest BCUT2D eigenvalue weighted by Gasteiger charge is 2.39. The van der Waals surface area contributed by atoms with Crippen molar-refractivity contribution in [2.75, 3.05) is 13.7 Å². The van der Waals surface area contributed by atoms with Crippen molar-refractivity contribution >= 4 is 11.5 Å². The van der Waals surface area contributed by atoms with E-state index in [1.54, 1.807) is 0 Å². The van der Waals surface area contributed by atoms with Gasteiger partial charge in [0.2, 0.25) is 0 Å². The smallest absolute Gasteiger partial charge is 0.309 e. The Morgan fingerprint density at radius 1 is 1.13 bits per heavy atom. The highest BCUT2D eigenvalue weighted by molar-refractivity contribution is 5.73. The van der Waals surface area contributed by atoms with Crippen LogP contribution in [0.4, 0.5) is 0 Å².